The Kier molecular flexibility index (Phi) is 5.03. The highest BCUT2D eigenvalue weighted by Gasteiger charge is 2.42. The minimum absolute atomic E-state index is 0.00173. The maximum Gasteiger partial charge on any atom is 0.251 e. The van der Waals surface area contributed by atoms with Crippen LogP contribution in [0.25, 0.3) is 0 Å². The number of hydrogen-bond acceptors (Lipinski definition) is 5. The van der Waals surface area contributed by atoms with E-state index in [2.05, 4.69) is 5.32 Å². The summed E-state index contributed by atoms with van der Waals surface area (Å²) in [6.45, 7) is 0.870. The maximum absolute atomic E-state index is 11.8. The standard InChI is InChI=1S/C17H23NO5/c1-20-9-10-21-12-16(19)18-13-5-6-14-15(11-13)23-17(22-14)7-3-2-4-8-17/h5-6,11H,2-4,7-10,12H2,1H3,(H,18,19). The van der Waals surface area contributed by atoms with Crippen LogP contribution >= 0.6 is 0 Å². The molecule has 23 heavy (non-hydrogen) atoms. The van der Waals surface area contributed by atoms with Gasteiger partial charge >= 0.3 is 0 Å². The van der Waals surface area contributed by atoms with Crippen molar-refractivity contribution in [3.8, 4) is 11.5 Å². The first-order chi connectivity index (χ1) is 11.2. The normalized spacial score (nSPS) is 18.1. The van der Waals surface area contributed by atoms with Gasteiger partial charge in [0.25, 0.3) is 5.79 Å². The van der Waals surface area contributed by atoms with Crippen LogP contribution in [0.2, 0.25) is 0 Å². The van der Waals surface area contributed by atoms with Gasteiger partial charge < -0.3 is 24.3 Å². The van der Waals surface area contributed by atoms with Gasteiger partial charge in [0.2, 0.25) is 5.91 Å². The number of anilines is 1. The number of rotatable bonds is 6. The summed E-state index contributed by atoms with van der Waals surface area (Å²) >= 11 is 0. The van der Waals surface area contributed by atoms with Crippen LogP contribution in [-0.4, -0.2) is 38.6 Å². The van der Waals surface area contributed by atoms with Crippen molar-refractivity contribution in [3.05, 3.63) is 18.2 Å². The fraction of sp³-hybridized carbons (Fsp3) is 0.588. The fourth-order valence-corrected chi connectivity index (χ4v) is 2.97. The molecule has 0 unspecified atom stereocenters. The van der Waals surface area contributed by atoms with Gasteiger partial charge in [-0.1, -0.05) is 6.42 Å². The maximum atomic E-state index is 11.8. The first kappa shape index (κ1) is 16.1. The second kappa shape index (κ2) is 7.19. The number of carbonyl (C=O) groups is 1. The minimum atomic E-state index is -0.494. The summed E-state index contributed by atoms with van der Waals surface area (Å²) in [6.07, 6.45) is 5.30. The van der Waals surface area contributed by atoms with Crippen molar-refractivity contribution >= 4 is 11.6 Å². The molecule has 1 spiro atoms. The zero-order chi connectivity index (χ0) is 16.1. The first-order valence-electron chi connectivity index (χ1n) is 8.09. The molecule has 3 rings (SSSR count). The van der Waals surface area contributed by atoms with Crippen LogP contribution in [0.3, 0.4) is 0 Å². The summed E-state index contributed by atoms with van der Waals surface area (Å²) in [4.78, 5) is 11.8. The van der Waals surface area contributed by atoms with Gasteiger partial charge in [0.1, 0.15) is 6.61 Å². The lowest BCUT2D eigenvalue weighted by Gasteiger charge is -2.31. The van der Waals surface area contributed by atoms with Crippen LogP contribution < -0.4 is 14.8 Å². The molecular formula is C17H23NO5. The molecule has 126 valence electrons. The predicted octanol–water partition coefficient (Wildman–Crippen LogP) is 2.72. The first-order valence-corrected chi connectivity index (χ1v) is 8.09. The van der Waals surface area contributed by atoms with E-state index < -0.39 is 5.79 Å². The molecule has 0 atom stereocenters. The Morgan fingerprint density at radius 1 is 1.17 bits per heavy atom. The monoisotopic (exact) mass is 321 g/mol. The molecule has 0 saturated heterocycles. The van der Waals surface area contributed by atoms with Gasteiger partial charge in [0.15, 0.2) is 11.5 Å². The third-order valence-electron chi connectivity index (χ3n) is 4.10. The van der Waals surface area contributed by atoms with Crippen molar-refractivity contribution in [1.29, 1.82) is 0 Å². The van der Waals surface area contributed by atoms with Gasteiger partial charge in [-0.05, 0) is 25.0 Å². The highest BCUT2D eigenvalue weighted by molar-refractivity contribution is 5.92. The number of ether oxygens (including phenoxy) is 4. The smallest absolute Gasteiger partial charge is 0.251 e. The van der Waals surface area contributed by atoms with Crippen LogP contribution in [0.4, 0.5) is 5.69 Å². The molecule has 1 aromatic rings. The van der Waals surface area contributed by atoms with Gasteiger partial charge in [0, 0.05) is 31.7 Å². The van der Waals surface area contributed by atoms with Crippen molar-refractivity contribution in [1.82, 2.24) is 0 Å². The van der Waals surface area contributed by atoms with E-state index in [-0.39, 0.29) is 12.5 Å². The summed E-state index contributed by atoms with van der Waals surface area (Å²) in [7, 11) is 1.59. The number of amides is 1. The molecule has 1 aliphatic carbocycles. The Bertz CT molecular complexity index is 554. The zero-order valence-corrected chi connectivity index (χ0v) is 13.4. The molecule has 1 fully saturated rings. The molecule has 6 heteroatoms. The summed E-state index contributed by atoms with van der Waals surface area (Å²) < 4.78 is 22.1. The van der Waals surface area contributed by atoms with Crippen LogP contribution in [0.15, 0.2) is 18.2 Å². The molecule has 0 bridgehead atoms. The molecular weight excluding hydrogens is 298 g/mol. The van der Waals surface area contributed by atoms with Gasteiger partial charge in [-0.15, -0.1) is 0 Å². The van der Waals surface area contributed by atoms with E-state index in [1.165, 1.54) is 6.42 Å². The van der Waals surface area contributed by atoms with E-state index >= 15 is 0 Å². The number of nitrogens with one attached hydrogen (secondary N) is 1. The quantitative estimate of drug-likeness (QED) is 0.816. The lowest BCUT2D eigenvalue weighted by atomic mass is 9.94. The van der Waals surface area contributed by atoms with E-state index in [4.69, 9.17) is 18.9 Å². The lowest BCUT2D eigenvalue weighted by molar-refractivity contribution is -0.121. The summed E-state index contributed by atoms with van der Waals surface area (Å²) in [5.74, 6) is 0.755. The minimum Gasteiger partial charge on any atom is -0.448 e. The Balaban J connectivity index is 1.56. The van der Waals surface area contributed by atoms with Crippen LogP contribution in [0.5, 0.6) is 11.5 Å². The van der Waals surface area contributed by atoms with Gasteiger partial charge in [-0.3, -0.25) is 4.79 Å². The average molecular weight is 321 g/mol. The molecule has 0 aromatic heterocycles. The summed E-state index contributed by atoms with van der Waals surface area (Å²) in [5.41, 5.74) is 0.681. The Morgan fingerprint density at radius 2 is 1.96 bits per heavy atom. The van der Waals surface area contributed by atoms with Crippen LogP contribution in [0.1, 0.15) is 32.1 Å². The number of benzene rings is 1. The Labute approximate surface area is 136 Å². The van der Waals surface area contributed by atoms with Crippen LogP contribution in [-0.2, 0) is 14.3 Å². The number of fused-ring (bicyclic) bond motifs is 1. The second-order valence-electron chi connectivity index (χ2n) is 5.93. The number of methoxy groups -OCH3 is 1. The Hall–Kier alpha value is -1.79. The topological polar surface area (TPSA) is 66.0 Å². The third kappa shape index (κ3) is 3.95. The molecule has 2 aliphatic rings. The SMILES string of the molecule is COCCOCC(=O)Nc1ccc2c(c1)OC1(CCCCC1)O2. The van der Waals surface area contributed by atoms with E-state index in [0.717, 1.165) is 31.4 Å². The highest BCUT2D eigenvalue weighted by Crippen LogP contribution is 2.46. The molecule has 0 radical (unpaired) electrons. The second-order valence-corrected chi connectivity index (χ2v) is 5.93. The van der Waals surface area contributed by atoms with Crippen molar-refractivity contribution in [2.24, 2.45) is 0 Å². The molecule has 6 nitrogen and oxygen atoms in total. The molecule has 1 N–H and O–H groups in total. The van der Waals surface area contributed by atoms with E-state index in [9.17, 15) is 4.79 Å². The van der Waals surface area contributed by atoms with E-state index in [0.29, 0.717) is 24.7 Å². The molecule has 1 heterocycles. The third-order valence-corrected chi connectivity index (χ3v) is 4.10. The van der Waals surface area contributed by atoms with Gasteiger partial charge in [-0.2, -0.15) is 0 Å². The average Bonchev–Trinajstić information content (AvgIpc) is 2.89. The zero-order valence-electron chi connectivity index (χ0n) is 13.4. The Morgan fingerprint density at radius 3 is 2.74 bits per heavy atom. The fourth-order valence-electron chi connectivity index (χ4n) is 2.97. The molecule has 1 aromatic carbocycles. The van der Waals surface area contributed by atoms with Gasteiger partial charge in [0.05, 0.1) is 13.2 Å². The van der Waals surface area contributed by atoms with E-state index in [1.54, 1.807) is 7.11 Å². The van der Waals surface area contributed by atoms with E-state index in [1.807, 2.05) is 18.2 Å². The van der Waals surface area contributed by atoms with Crippen LogP contribution in [0, 0.1) is 0 Å². The number of carbonyl (C=O) groups excluding carboxylic acids is 1. The van der Waals surface area contributed by atoms with Gasteiger partial charge in [-0.25, -0.2) is 0 Å². The highest BCUT2D eigenvalue weighted by atomic mass is 16.7. The summed E-state index contributed by atoms with van der Waals surface area (Å²) in [5, 5.41) is 2.80. The predicted molar refractivity (Wildman–Crippen MR) is 84.8 cm³/mol. The summed E-state index contributed by atoms with van der Waals surface area (Å²) in [6, 6.07) is 5.48. The lowest BCUT2D eigenvalue weighted by Crippen LogP contribution is -2.40. The van der Waals surface area contributed by atoms with Crippen molar-refractivity contribution in [2.45, 2.75) is 37.9 Å². The molecule has 1 amide bonds. The molecule has 1 saturated carbocycles. The number of hydrogen-bond donors (Lipinski definition) is 1. The molecule has 1 aliphatic heterocycles. The van der Waals surface area contributed by atoms with Crippen molar-refractivity contribution in [3.63, 3.8) is 0 Å². The largest absolute Gasteiger partial charge is 0.448 e. The van der Waals surface area contributed by atoms with Crippen molar-refractivity contribution < 1.29 is 23.7 Å². The van der Waals surface area contributed by atoms with Crippen molar-refractivity contribution in [2.75, 3.05) is 32.2 Å².